The van der Waals surface area contributed by atoms with E-state index in [0.717, 1.165) is 31.5 Å². The van der Waals surface area contributed by atoms with Crippen molar-refractivity contribution in [2.24, 2.45) is 5.73 Å². The Kier molecular flexibility index (Phi) is 2.52. The van der Waals surface area contributed by atoms with E-state index in [4.69, 9.17) is 5.73 Å². The fraction of sp³-hybridized carbons (Fsp3) is 0.545. The second kappa shape index (κ2) is 3.70. The van der Waals surface area contributed by atoms with Gasteiger partial charge in [-0.05, 0) is 25.0 Å². The molecule has 82 valence electrons. The van der Waals surface area contributed by atoms with E-state index < -0.39 is 5.54 Å². The van der Waals surface area contributed by atoms with Crippen molar-refractivity contribution in [3.63, 3.8) is 0 Å². The Morgan fingerprint density at radius 3 is 2.93 bits per heavy atom. The van der Waals surface area contributed by atoms with Gasteiger partial charge in [-0.3, -0.25) is 4.79 Å². The van der Waals surface area contributed by atoms with Gasteiger partial charge >= 0.3 is 0 Å². The predicted molar refractivity (Wildman–Crippen MR) is 58.3 cm³/mol. The van der Waals surface area contributed by atoms with Crippen LogP contribution in [0.25, 0.3) is 0 Å². The van der Waals surface area contributed by atoms with Crippen molar-refractivity contribution < 1.29 is 4.79 Å². The topological polar surface area (TPSA) is 62.1 Å². The first kappa shape index (κ1) is 10.2. The molecule has 2 rings (SSSR count). The first-order valence-corrected chi connectivity index (χ1v) is 5.28. The standard InChI is InChI=1S/C11H17N3O/c1-14(10(15)11(12)5-6-11)8-4-9-3-2-7-13-9/h2-3,7,13H,4-6,8,12H2,1H3. The van der Waals surface area contributed by atoms with Crippen LogP contribution in [0.3, 0.4) is 0 Å². The van der Waals surface area contributed by atoms with E-state index in [1.807, 2.05) is 25.4 Å². The average molecular weight is 207 g/mol. The minimum absolute atomic E-state index is 0.0778. The second-order valence-electron chi connectivity index (χ2n) is 4.33. The van der Waals surface area contributed by atoms with Crippen molar-refractivity contribution >= 4 is 5.91 Å². The van der Waals surface area contributed by atoms with Gasteiger partial charge in [-0.25, -0.2) is 0 Å². The summed E-state index contributed by atoms with van der Waals surface area (Å²) in [6.45, 7) is 0.721. The summed E-state index contributed by atoms with van der Waals surface area (Å²) in [5.74, 6) is 0.0778. The molecule has 1 amide bonds. The van der Waals surface area contributed by atoms with Crippen LogP contribution < -0.4 is 5.73 Å². The van der Waals surface area contributed by atoms with Crippen molar-refractivity contribution in [3.8, 4) is 0 Å². The first-order valence-electron chi connectivity index (χ1n) is 5.28. The summed E-state index contributed by atoms with van der Waals surface area (Å²) in [6, 6.07) is 3.98. The number of carbonyl (C=O) groups excluding carboxylic acids is 1. The molecule has 1 aliphatic rings. The Labute approximate surface area is 89.5 Å². The van der Waals surface area contributed by atoms with Gasteiger partial charge in [-0.2, -0.15) is 0 Å². The zero-order chi connectivity index (χ0) is 10.9. The SMILES string of the molecule is CN(CCc1ccc[nH]1)C(=O)C1(N)CC1. The van der Waals surface area contributed by atoms with Crippen molar-refractivity contribution in [2.75, 3.05) is 13.6 Å². The summed E-state index contributed by atoms with van der Waals surface area (Å²) in [6.07, 6.45) is 4.41. The normalized spacial score (nSPS) is 17.5. The van der Waals surface area contributed by atoms with Crippen LogP contribution in [-0.2, 0) is 11.2 Å². The van der Waals surface area contributed by atoms with E-state index in [2.05, 4.69) is 4.98 Å². The van der Waals surface area contributed by atoms with Crippen LogP contribution in [0.5, 0.6) is 0 Å². The zero-order valence-corrected chi connectivity index (χ0v) is 8.99. The molecule has 3 N–H and O–H groups in total. The molecule has 0 unspecified atom stereocenters. The highest BCUT2D eigenvalue weighted by molar-refractivity contribution is 5.88. The van der Waals surface area contributed by atoms with Gasteiger partial charge < -0.3 is 15.6 Å². The van der Waals surface area contributed by atoms with Crippen LogP contribution in [0.1, 0.15) is 18.5 Å². The van der Waals surface area contributed by atoms with Crippen molar-refractivity contribution in [1.82, 2.24) is 9.88 Å². The maximum atomic E-state index is 11.8. The molecule has 0 saturated heterocycles. The van der Waals surface area contributed by atoms with Gasteiger partial charge in [-0.15, -0.1) is 0 Å². The van der Waals surface area contributed by atoms with Crippen LogP contribution in [0.2, 0.25) is 0 Å². The Bertz CT molecular complexity index is 341. The molecule has 1 aromatic heterocycles. The van der Waals surface area contributed by atoms with Crippen molar-refractivity contribution in [3.05, 3.63) is 24.0 Å². The quantitative estimate of drug-likeness (QED) is 0.755. The lowest BCUT2D eigenvalue weighted by molar-refractivity contribution is -0.132. The Hall–Kier alpha value is -1.29. The molecule has 1 aromatic rings. The number of hydrogen-bond acceptors (Lipinski definition) is 2. The van der Waals surface area contributed by atoms with Crippen molar-refractivity contribution in [2.45, 2.75) is 24.8 Å². The van der Waals surface area contributed by atoms with E-state index in [1.165, 1.54) is 0 Å². The van der Waals surface area contributed by atoms with Crippen LogP contribution >= 0.6 is 0 Å². The molecule has 4 nitrogen and oxygen atoms in total. The molecule has 0 aliphatic heterocycles. The number of rotatable bonds is 4. The van der Waals surface area contributed by atoms with E-state index >= 15 is 0 Å². The lowest BCUT2D eigenvalue weighted by Gasteiger charge is -2.20. The monoisotopic (exact) mass is 207 g/mol. The fourth-order valence-electron chi connectivity index (χ4n) is 1.64. The molecule has 0 aromatic carbocycles. The molecule has 4 heteroatoms. The summed E-state index contributed by atoms with van der Waals surface area (Å²) in [7, 11) is 1.82. The molecule has 0 spiro atoms. The predicted octanol–water partition coefficient (Wildman–Crippen LogP) is 0.507. The lowest BCUT2D eigenvalue weighted by atomic mass is 10.2. The minimum Gasteiger partial charge on any atom is -0.365 e. The number of H-pyrrole nitrogens is 1. The van der Waals surface area contributed by atoms with Gasteiger partial charge in [0.2, 0.25) is 5.91 Å². The highest BCUT2D eigenvalue weighted by Crippen LogP contribution is 2.33. The highest BCUT2D eigenvalue weighted by Gasteiger charge is 2.47. The van der Waals surface area contributed by atoms with E-state index in [0.29, 0.717) is 0 Å². The summed E-state index contributed by atoms with van der Waals surface area (Å²) in [4.78, 5) is 16.6. The number of amides is 1. The van der Waals surface area contributed by atoms with E-state index in [1.54, 1.807) is 4.90 Å². The molecule has 0 bridgehead atoms. The third kappa shape index (κ3) is 2.21. The molecule has 1 heterocycles. The molecular weight excluding hydrogens is 190 g/mol. The Morgan fingerprint density at radius 1 is 1.67 bits per heavy atom. The molecular formula is C11H17N3O. The molecule has 15 heavy (non-hydrogen) atoms. The summed E-state index contributed by atoms with van der Waals surface area (Å²) in [5, 5.41) is 0. The average Bonchev–Trinajstić information content (AvgIpc) is 2.80. The maximum Gasteiger partial charge on any atom is 0.242 e. The van der Waals surface area contributed by atoms with Gasteiger partial charge in [0, 0.05) is 31.9 Å². The molecule has 0 radical (unpaired) electrons. The van der Waals surface area contributed by atoms with E-state index in [-0.39, 0.29) is 5.91 Å². The first-order chi connectivity index (χ1) is 7.12. The van der Waals surface area contributed by atoms with Crippen LogP contribution in [0.4, 0.5) is 0 Å². The molecule has 1 aliphatic carbocycles. The third-order valence-electron chi connectivity index (χ3n) is 2.94. The number of nitrogens with zero attached hydrogens (tertiary/aromatic N) is 1. The van der Waals surface area contributed by atoms with Crippen LogP contribution in [-0.4, -0.2) is 34.9 Å². The van der Waals surface area contributed by atoms with Gasteiger partial charge in [0.15, 0.2) is 0 Å². The largest absolute Gasteiger partial charge is 0.365 e. The Morgan fingerprint density at radius 2 is 2.40 bits per heavy atom. The third-order valence-corrected chi connectivity index (χ3v) is 2.94. The number of aromatic nitrogens is 1. The summed E-state index contributed by atoms with van der Waals surface area (Å²) >= 11 is 0. The number of likely N-dealkylation sites (N-methyl/N-ethyl adjacent to an activating group) is 1. The fourth-order valence-corrected chi connectivity index (χ4v) is 1.64. The molecule has 0 atom stereocenters. The highest BCUT2D eigenvalue weighted by atomic mass is 16.2. The number of aromatic amines is 1. The Balaban J connectivity index is 1.82. The van der Waals surface area contributed by atoms with Crippen molar-refractivity contribution in [1.29, 1.82) is 0 Å². The lowest BCUT2D eigenvalue weighted by Crippen LogP contribution is -2.44. The zero-order valence-electron chi connectivity index (χ0n) is 8.99. The summed E-state index contributed by atoms with van der Waals surface area (Å²) < 4.78 is 0. The van der Waals surface area contributed by atoms with Gasteiger partial charge in [0.25, 0.3) is 0 Å². The maximum absolute atomic E-state index is 11.8. The number of carbonyl (C=O) groups is 1. The van der Waals surface area contributed by atoms with E-state index in [9.17, 15) is 4.79 Å². The molecule has 1 saturated carbocycles. The minimum atomic E-state index is -0.537. The summed E-state index contributed by atoms with van der Waals surface area (Å²) in [5.41, 5.74) is 6.45. The van der Waals surface area contributed by atoms with Crippen LogP contribution in [0, 0.1) is 0 Å². The number of nitrogens with two attached hydrogens (primary N) is 1. The smallest absolute Gasteiger partial charge is 0.242 e. The molecule has 1 fully saturated rings. The van der Waals surface area contributed by atoms with Gasteiger partial charge in [0.05, 0.1) is 5.54 Å². The van der Waals surface area contributed by atoms with Gasteiger partial charge in [0.1, 0.15) is 0 Å². The second-order valence-corrected chi connectivity index (χ2v) is 4.33. The number of nitrogens with one attached hydrogen (secondary N) is 1. The number of hydrogen-bond donors (Lipinski definition) is 2. The van der Waals surface area contributed by atoms with Crippen LogP contribution in [0.15, 0.2) is 18.3 Å². The van der Waals surface area contributed by atoms with Gasteiger partial charge in [-0.1, -0.05) is 0 Å².